The van der Waals surface area contributed by atoms with Gasteiger partial charge in [-0.05, 0) is 43.0 Å². The summed E-state index contributed by atoms with van der Waals surface area (Å²) in [6.45, 7) is 2.32. The van der Waals surface area contributed by atoms with Crippen molar-refractivity contribution in [3.05, 3.63) is 45.6 Å². The second-order valence-corrected chi connectivity index (χ2v) is 9.28. The number of anilines is 1. The van der Waals surface area contributed by atoms with Gasteiger partial charge in [0, 0.05) is 0 Å². The monoisotopic (exact) mass is 415 g/mol. The number of ketones is 1. The van der Waals surface area contributed by atoms with Gasteiger partial charge >= 0.3 is 29.6 Å². The fraction of sp³-hybridized carbons (Fsp3) is 0.235. The van der Waals surface area contributed by atoms with Crippen molar-refractivity contribution in [3.8, 4) is 0 Å². The number of nitrogens with one attached hydrogen (secondary N) is 1. The molecule has 0 radical (unpaired) electrons. The zero-order chi connectivity index (χ0) is 19.3. The van der Waals surface area contributed by atoms with E-state index in [2.05, 4.69) is 5.32 Å². The summed E-state index contributed by atoms with van der Waals surface area (Å²) in [5.74, 6) is -3.33. The van der Waals surface area contributed by atoms with E-state index < -0.39 is 32.9 Å². The number of hydrogen-bond acceptors (Lipinski definition) is 7. The average Bonchev–Trinajstić information content (AvgIpc) is 2.98. The Morgan fingerprint density at radius 2 is 1.89 bits per heavy atom. The van der Waals surface area contributed by atoms with E-state index in [1.54, 1.807) is 11.4 Å². The minimum Gasteiger partial charge on any atom is -0.549 e. The quantitative estimate of drug-likeness (QED) is 0.457. The Hall–Kier alpha value is -1.52. The maximum atomic E-state index is 12.9. The predicted octanol–water partition coefficient (Wildman–Crippen LogP) is -2.01. The van der Waals surface area contributed by atoms with Gasteiger partial charge in [0.15, 0.2) is 9.84 Å². The molecule has 2 heterocycles. The molecular weight excluding hydrogens is 401 g/mol. The Morgan fingerprint density at radius 1 is 1.22 bits per heavy atom. The number of benzene rings is 1. The zero-order valence-corrected chi connectivity index (χ0v) is 18.5. The van der Waals surface area contributed by atoms with Gasteiger partial charge < -0.3 is 15.2 Å². The molecule has 1 aliphatic rings. The van der Waals surface area contributed by atoms with Gasteiger partial charge in [0.25, 0.3) is 0 Å². The smallest absolute Gasteiger partial charge is 0.549 e. The minimum atomic E-state index is -3.80. The summed E-state index contributed by atoms with van der Waals surface area (Å²) in [6.07, 6.45) is 0. The zero-order valence-electron chi connectivity index (χ0n) is 14.9. The van der Waals surface area contributed by atoms with Gasteiger partial charge in [-0.2, -0.15) is 0 Å². The summed E-state index contributed by atoms with van der Waals surface area (Å²) in [4.78, 5) is 36.5. The van der Waals surface area contributed by atoms with E-state index in [-0.39, 0.29) is 56.3 Å². The molecule has 0 saturated carbocycles. The van der Waals surface area contributed by atoms with Crippen LogP contribution < -0.4 is 40.0 Å². The summed E-state index contributed by atoms with van der Waals surface area (Å²) >= 11 is 1.12. The maximum Gasteiger partial charge on any atom is 1.00 e. The number of aliphatic carboxylic acids is 1. The average molecular weight is 415 g/mol. The molecule has 0 aliphatic carbocycles. The van der Waals surface area contributed by atoms with Crippen LogP contribution in [0.4, 0.5) is 5.69 Å². The van der Waals surface area contributed by atoms with E-state index in [0.717, 1.165) is 25.2 Å². The number of carboxylic acid groups (broad SMARTS) is 1. The molecule has 0 bridgehead atoms. The number of fused-ring (bicyclic) bond motifs is 2. The van der Waals surface area contributed by atoms with Crippen molar-refractivity contribution in [1.29, 1.82) is 0 Å². The van der Waals surface area contributed by atoms with Crippen molar-refractivity contribution in [1.82, 2.24) is 0 Å². The summed E-state index contributed by atoms with van der Waals surface area (Å²) in [7, 11) is -3.80. The van der Waals surface area contributed by atoms with Crippen LogP contribution in [0.25, 0.3) is 0 Å². The third kappa shape index (κ3) is 3.74. The molecule has 0 saturated heterocycles. The Labute approximate surface area is 182 Å². The summed E-state index contributed by atoms with van der Waals surface area (Å²) in [5.41, 5.74) is -1.65. The van der Waals surface area contributed by atoms with Crippen molar-refractivity contribution >= 4 is 44.5 Å². The van der Waals surface area contributed by atoms with E-state index in [0.29, 0.717) is 5.56 Å². The van der Waals surface area contributed by atoms with Crippen LogP contribution in [0.2, 0.25) is 0 Å². The molecule has 1 N–H and O–H groups in total. The summed E-state index contributed by atoms with van der Waals surface area (Å²) in [6, 6.07) is 5.65. The first kappa shape index (κ1) is 21.8. The molecule has 0 spiro atoms. The topological polar surface area (TPSA) is 120 Å². The van der Waals surface area contributed by atoms with Crippen molar-refractivity contribution < 1.29 is 57.5 Å². The predicted molar refractivity (Wildman–Crippen MR) is 92.5 cm³/mol. The number of carbonyl (C=O) groups excluding carboxylic acids is 3. The summed E-state index contributed by atoms with van der Waals surface area (Å²) < 4.78 is 25.4. The van der Waals surface area contributed by atoms with E-state index in [1.807, 2.05) is 0 Å². The molecule has 10 heteroatoms. The standard InChI is InChI=1S/C17H15NO6S2.Na/c1-17(2,16(21)22)15(20)18-10-4-3-5-11-12(10)13(19)14-9(6-7-25-14)8-26(11,23)24;/h3-7H,8H2,1-2H3,(H,18,20)(H,21,22);/q;+1/p-1. The second-order valence-electron chi connectivity index (χ2n) is 6.41. The van der Waals surface area contributed by atoms with Gasteiger partial charge in [-0.15, -0.1) is 11.3 Å². The van der Waals surface area contributed by atoms with Crippen molar-refractivity contribution in [2.75, 3.05) is 5.32 Å². The molecule has 27 heavy (non-hydrogen) atoms. The van der Waals surface area contributed by atoms with Crippen LogP contribution in [-0.4, -0.2) is 26.1 Å². The number of sulfone groups is 1. The van der Waals surface area contributed by atoms with Gasteiger partial charge in [0.05, 0.1) is 38.2 Å². The van der Waals surface area contributed by atoms with Crippen molar-refractivity contribution in [2.24, 2.45) is 5.41 Å². The molecule has 1 aliphatic heterocycles. The third-order valence-electron chi connectivity index (χ3n) is 4.21. The molecule has 3 rings (SSSR count). The molecule has 0 atom stereocenters. The van der Waals surface area contributed by atoms with Crippen LogP contribution in [-0.2, 0) is 25.2 Å². The van der Waals surface area contributed by atoms with E-state index in [1.165, 1.54) is 18.2 Å². The molecule has 0 fully saturated rings. The minimum absolute atomic E-state index is 0. The van der Waals surface area contributed by atoms with Crippen LogP contribution >= 0.6 is 11.3 Å². The SMILES string of the molecule is CC(C)(C(=O)[O-])C(=O)Nc1cccc2c1C(=O)c1sccc1CS2(=O)=O.[Na+]. The first-order chi connectivity index (χ1) is 12.1. The first-order valence-corrected chi connectivity index (χ1v) is 10.1. The Kier molecular flexibility index (Phi) is 6.03. The number of hydrogen-bond donors (Lipinski definition) is 1. The van der Waals surface area contributed by atoms with Crippen LogP contribution in [0.1, 0.15) is 34.6 Å². The van der Waals surface area contributed by atoms with E-state index in [4.69, 9.17) is 0 Å². The number of carbonyl (C=O) groups is 3. The Morgan fingerprint density at radius 3 is 2.52 bits per heavy atom. The van der Waals surface area contributed by atoms with Gasteiger partial charge in [0.1, 0.15) is 0 Å². The van der Waals surface area contributed by atoms with Crippen LogP contribution in [0.15, 0.2) is 34.5 Å². The largest absolute Gasteiger partial charge is 1.00 e. The van der Waals surface area contributed by atoms with Crippen LogP contribution in [0, 0.1) is 5.41 Å². The Balaban J connectivity index is 0.00000261. The number of rotatable bonds is 3. The van der Waals surface area contributed by atoms with Gasteiger partial charge in [-0.25, -0.2) is 8.42 Å². The summed E-state index contributed by atoms with van der Waals surface area (Å²) in [5, 5.41) is 15.2. The number of carboxylic acids is 1. The molecule has 0 unspecified atom stereocenters. The molecular formula is C17H14NNaO6S2. The maximum absolute atomic E-state index is 12.9. The van der Waals surface area contributed by atoms with Gasteiger partial charge in [-0.1, -0.05) is 6.07 Å². The molecule has 1 aromatic heterocycles. The number of amides is 1. The normalized spacial score (nSPS) is 15.0. The number of thiophene rings is 1. The molecule has 136 valence electrons. The molecule has 7 nitrogen and oxygen atoms in total. The van der Waals surface area contributed by atoms with E-state index in [9.17, 15) is 27.9 Å². The fourth-order valence-electron chi connectivity index (χ4n) is 2.54. The molecule has 1 amide bonds. The molecule has 2 aromatic rings. The van der Waals surface area contributed by atoms with Gasteiger partial charge in [0.2, 0.25) is 11.7 Å². The third-order valence-corrected chi connectivity index (χ3v) is 6.87. The molecule has 1 aromatic carbocycles. The fourth-order valence-corrected chi connectivity index (χ4v) is 5.11. The van der Waals surface area contributed by atoms with E-state index >= 15 is 0 Å². The second kappa shape index (κ2) is 7.48. The first-order valence-electron chi connectivity index (χ1n) is 7.55. The van der Waals surface area contributed by atoms with Crippen molar-refractivity contribution in [3.63, 3.8) is 0 Å². The van der Waals surface area contributed by atoms with Gasteiger partial charge in [-0.3, -0.25) is 9.59 Å². The van der Waals surface area contributed by atoms with Crippen LogP contribution in [0.5, 0.6) is 0 Å². The van der Waals surface area contributed by atoms with Crippen molar-refractivity contribution in [2.45, 2.75) is 24.5 Å². The van der Waals surface area contributed by atoms with Crippen LogP contribution in [0.3, 0.4) is 0 Å². The Bertz CT molecular complexity index is 1060.